The van der Waals surface area contributed by atoms with E-state index in [1.54, 1.807) is 6.07 Å². The Morgan fingerprint density at radius 2 is 2.08 bits per heavy atom. The van der Waals surface area contributed by atoms with Gasteiger partial charge in [0.25, 0.3) is 0 Å². The Hall–Kier alpha value is -1.17. The lowest BCUT2D eigenvalue weighted by atomic mass is 9.96. The molecule has 0 saturated carbocycles. The molecule has 1 N–H and O–H groups in total. The topological polar surface area (TPSA) is 41.6 Å². The van der Waals surface area contributed by atoms with Crippen molar-refractivity contribution in [3.05, 3.63) is 35.6 Å². The van der Waals surface area contributed by atoms with Gasteiger partial charge in [0, 0.05) is 25.6 Å². The number of carbonyl (C=O) groups excluding carboxylic acids is 1. The van der Waals surface area contributed by atoms with Crippen molar-refractivity contribution in [1.82, 2.24) is 10.2 Å². The van der Waals surface area contributed by atoms with Crippen LogP contribution in [-0.4, -0.2) is 43.2 Å². The van der Waals surface area contributed by atoms with Crippen LogP contribution in [0.5, 0.6) is 0 Å². The highest BCUT2D eigenvalue weighted by Crippen LogP contribution is 2.21. The van der Waals surface area contributed by atoms with E-state index in [4.69, 9.17) is 4.74 Å². The van der Waals surface area contributed by atoms with Gasteiger partial charge < -0.3 is 15.0 Å². The zero-order valence-electron chi connectivity index (χ0n) is 13.9. The number of carbonyl (C=O) groups is 1. The summed E-state index contributed by atoms with van der Waals surface area (Å²) < 4.78 is 19.1. The van der Waals surface area contributed by atoms with Crippen molar-refractivity contribution in [2.75, 3.05) is 26.2 Å². The number of nitrogens with one attached hydrogen (secondary N) is 1. The lowest BCUT2D eigenvalue weighted by molar-refractivity contribution is -0.138. The summed E-state index contributed by atoms with van der Waals surface area (Å²) in [6.45, 7) is 3.63. The molecule has 2 fully saturated rings. The van der Waals surface area contributed by atoms with E-state index in [-0.39, 0.29) is 36.2 Å². The third kappa shape index (κ3) is 5.16. The van der Waals surface area contributed by atoms with Crippen LogP contribution >= 0.6 is 12.4 Å². The first-order chi connectivity index (χ1) is 11.2. The summed E-state index contributed by atoms with van der Waals surface area (Å²) in [6, 6.07) is 6.52. The van der Waals surface area contributed by atoms with Gasteiger partial charge in [-0.1, -0.05) is 12.1 Å². The predicted octanol–water partition coefficient (Wildman–Crippen LogP) is 2.75. The number of rotatable bonds is 5. The molecule has 1 aromatic rings. The Labute approximate surface area is 149 Å². The highest BCUT2D eigenvalue weighted by atomic mass is 35.5. The molecule has 2 aliphatic rings. The van der Waals surface area contributed by atoms with Crippen molar-refractivity contribution in [2.45, 2.75) is 38.3 Å². The van der Waals surface area contributed by atoms with E-state index >= 15 is 0 Å². The third-order valence-corrected chi connectivity index (χ3v) is 4.71. The number of amides is 1. The van der Waals surface area contributed by atoms with Gasteiger partial charge in [-0.15, -0.1) is 12.4 Å². The Bertz CT molecular complexity index is 532. The summed E-state index contributed by atoms with van der Waals surface area (Å²) in [7, 11) is 0. The minimum absolute atomic E-state index is 0. The molecule has 6 heteroatoms. The maximum absolute atomic E-state index is 13.4. The lowest BCUT2D eigenvalue weighted by Gasteiger charge is -2.31. The zero-order chi connectivity index (χ0) is 16.1. The van der Waals surface area contributed by atoms with Crippen molar-refractivity contribution in [3.63, 3.8) is 0 Å². The van der Waals surface area contributed by atoms with Crippen LogP contribution in [0, 0.1) is 11.7 Å². The van der Waals surface area contributed by atoms with Gasteiger partial charge in [0.2, 0.25) is 5.91 Å². The van der Waals surface area contributed by atoms with E-state index in [0.717, 1.165) is 50.9 Å². The van der Waals surface area contributed by atoms with Gasteiger partial charge in [-0.3, -0.25) is 4.79 Å². The maximum Gasteiger partial charge on any atom is 0.226 e. The molecular formula is C18H26ClFN2O2. The average Bonchev–Trinajstić information content (AvgIpc) is 3.07. The molecule has 0 bridgehead atoms. The van der Waals surface area contributed by atoms with Crippen LogP contribution in [0.4, 0.5) is 4.39 Å². The van der Waals surface area contributed by atoms with Gasteiger partial charge in [-0.2, -0.15) is 0 Å². The number of benzene rings is 1. The Kier molecular flexibility index (Phi) is 7.46. The van der Waals surface area contributed by atoms with Crippen LogP contribution in [-0.2, 0) is 16.1 Å². The molecule has 2 heterocycles. The first-order valence-corrected chi connectivity index (χ1v) is 8.58. The normalized spacial score (nSPS) is 21.3. The summed E-state index contributed by atoms with van der Waals surface area (Å²) >= 11 is 0. The molecule has 0 radical (unpaired) electrons. The van der Waals surface area contributed by atoms with Crippen LogP contribution in [0.3, 0.4) is 0 Å². The van der Waals surface area contributed by atoms with Gasteiger partial charge in [0.1, 0.15) is 5.82 Å². The van der Waals surface area contributed by atoms with Crippen LogP contribution < -0.4 is 5.32 Å². The molecule has 0 spiro atoms. The second-order valence-corrected chi connectivity index (χ2v) is 6.51. The molecule has 4 nitrogen and oxygen atoms in total. The number of hydrogen-bond donors (Lipinski definition) is 1. The first kappa shape index (κ1) is 19.2. The van der Waals surface area contributed by atoms with Gasteiger partial charge in [-0.25, -0.2) is 4.39 Å². The fourth-order valence-electron chi connectivity index (χ4n) is 3.45. The molecule has 1 unspecified atom stereocenters. The molecule has 1 aromatic carbocycles. The molecule has 1 atom stereocenters. The largest absolute Gasteiger partial charge is 0.376 e. The quantitative estimate of drug-likeness (QED) is 0.882. The SMILES string of the molecule is Cl.O=C(C1CCNCC1)N(Cc1cccc(F)c1)CC1CCCO1. The molecule has 3 rings (SSSR count). The number of piperidine rings is 1. The second-order valence-electron chi connectivity index (χ2n) is 6.51. The summed E-state index contributed by atoms with van der Waals surface area (Å²) in [5, 5.41) is 3.29. The maximum atomic E-state index is 13.4. The van der Waals surface area contributed by atoms with E-state index in [9.17, 15) is 9.18 Å². The third-order valence-electron chi connectivity index (χ3n) is 4.71. The van der Waals surface area contributed by atoms with Crippen LogP contribution in [0.25, 0.3) is 0 Å². The van der Waals surface area contributed by atoms with E-state index in [1.807, 2.05) is 11.0 Å². The molecule has 1 amide bonds. The number of halogens is 2. The van der Waals surface area contributed by atoms with E-state index in [1.165, 1.54) is 12.1 Å². The minimum Gasteiger partial charge on any atom is -0.376 e. The minimum atomic E-state index is -0.256. The van der Waals surface area contributed by atoms with Gasteiger partial charge >= 0.3 is 0 Å². The highest BCUT2D eigenvalue weighted by Gasteiger charge is 2.29. The first-order valence-electron chi connectivity index (χ1n) is 8.58. The molecule has 24 heavy (non-hydrogen) atoms. The predicted molar refractivity (Wildman–Crippen MR) is 93.6 cm³/mol. The second kappa shape index (κ2) is 9.35. The van der Waals surface area contributed by atoms with Crippen molar-refractivity contribution in [1.29, 1.82) is 0 Å². The van der Waals surface area contributed by atoms with E-state index in [2.05, 4.69) is 5.32 Å². The Morgan fingerprint density at radius 3 is 2.75 bits per heavy atom. The smallest absolute Gasteiger partial charge is 0.226 e. The van der Waals surface area contributed by atoms with Crippen molar-refractivity contribution >= 4 is 18.3 Å². The van der Waals surface area contributed by atoms with Gasteiger partial charge in [-0.05, 0) is 56.5 Å². The molecular weight excluding hydrogens is 331 g/mol. The summed E-state index contributed by atoms with van der Waals surface area (Å²) in [6.07, 6.45) is 3.93. The van der Waals surface area contributed by atoms with E-state index < -0.39 is 0 Å². The van der Waals surface area contributed by atoms with E-state index in [0.29, 0.717) is 13.1 Å². The standard InChI is InChI=1S/C18H25FN2O2.ClH/c19-16-4-1-3-14(11-16)12-21(13-17-5-2-10-23-17)18(22)15-6-8-20-9-7-15;/h1,3-4,11,15,17,20H,2,5-10,12-13H2;1H. The number of hydrogen-bond acceptors (Lipinski definition) is 3. The number of ether oxygens (including phenoxy) is 1. The fourth-order valence-corrected chi connectivity index (χ4v) is 3.45. The van der Waals surface area contributed by atoms with Crippen LogP contribution in [0.15, 0.2) is 24.3 Å². The van der Waals surface area contributed by atoms with Crippen molar-refractivity contribution in [3.8, 4) is 0 Å². The molecule has 2 aliphatic heterocycles. The summed E-state index contributed by atoms with van der Waals surface area (Å²) in [5.74, 6) is 0.00588. The number of nitrogens with zero attached hydrogens (tertiary/aromatic N) is 1. The molecule has 134 valence electrons. The molecule has 0 aromatic heterocycles. The zero-order valence-corrected chi connectivity index (χ0v) is 14.7. The lowest BCUT2D eigenvalue weighted by Crippen LogP contribution is -2.43. The highest BCUT2D eigenvalue weighted by molar-refractivity contribution is 5.85. The van der Waals surface area contributed by atoms with Gasteiger partial charge in [0.15, 0.2) is 0 Å². The van der Waals surface area contributed by atoms with Crippen LogP contribution in [0.1, 0.15) is 31.2 Å². The van der Waals surface area contributed by atoms with Crippen LogP contribution in [0.2, 0.25) is 0 Å². The fraction of sp³-hybridized carbons (Fsp3) is 0.611. The summed E-state index contributed by atoms with van der Waals surface area (Å²) in [4.78, 5) is 14.8. The Morgan fingerprint density at radius 1 is 1.29 bits per heavy atom. The average molecular weight is 357 g/mol. The van der Waals surface area contributed by atoms with Gasteiger partial charge in [0.05, 0.1) is 6.10 Å². The van der Waals surface area contributed by atoms with Crippen molar-refractivity contribution < 1.29 is 13.9 Å². The Balaban J connectivity index is 0.00000208. The van der Waals surface area contributed by atoms with Crippen molar-refractivity contribution in [2.24, 2.45) is 5.92 Å². The molecule has 2 saturated heterocycles. The molecule has 0 aliphatic carbocycles. The monoisotopic (exact) mass is 356 g/mol. The summed E-state index contributed by atoms with van der Waals surface area (Å²) in [5.41, 5.74) is 0.838.